The van der Waals surface area contributed by atoms with E-state index in [9.17, 15) is 9.59 Å². The standard InChI is InChI=1S/C20H16BrNO5/c1-11-5-4-6-14(7-11)19-22-16(20(24)27-19)9-13-8-15(21)18(26-12(2)23)17(10-13)25-3/h4-10H,1-3H3/b16-9-. The summed E-state index contributed by atoms with van der Waals surface area (Å²) >= 11 is 3.35. The zero-order valence-corrected chi connectivity index (χ0v) is 16.5. The lowest BCUT2D eigenvalue weighted by Crippen LogP contribution is -2.05. The molecule has 0 N–H and O–H groups in total. The third-order valence-electron chi connectivity index (χ3n) is 3.69. The van der Waals surface area contributed by atoms with Gasteiger partial charge in [-0.3, -0.25) is 4.79 Å². The highest BCUT2D eigenvalue weighted by Crippen LogP contribution is 2.37. The SMILES string of the molecule is COc1cc(/C=C2\N=C(c3cccc(C)c3)OC2=O)cc(Br)c1OC(C)=O. The molecule has 0 aliphatic carbocycles. The van der Waals surface area contributed by atoms with Gasteiger partial charge in [-0.1, -0.05) is 17.7 Å². The maximum atomic E-state index is 12.2. The smallest absolute Gasteiger partial charge is 0.363 e. The van der Waals surface area contributed by atoms with E-state index in [1.165, 1.54) is 14.0 Å². The Morgan fingerprint density at radius 2 is 2.04 bits per heavy atom. The summed E-state index contributed by atoms with van der Waals surface area (Å²) in [6.45, 7) is 3.25. The fourth-order valence-corrected chi connectivity index (χ4v) is 3.08. The van der Waals surface area contributed by atoms with E-state index in [1.807, 2.05) is 31.2 Å². The average molecular weight is 430 g/mol. The van der Waals surface area contributed by atoms with Gasteiger partial charge in [-0.2, -0.15) is 0 Å². The minimum Gasteiger partial charge on any atom is -0.493 e. The van der Waals surface area contributed by atoms with Crippen molar-refractivity contribution in [1.82, 2.24) is 0 Å². The second-order valence-electron chi connectivity index (χ2n) is 5.83. The number of esters is 2. The zero-order valence-electron chi connectivity index (χ0n) is 14.9. The van der Waals surface area contributed by atoms with Gasteiger partial charge in [0, 0.05) is 12.5 Å². The molecule has 7 heteroatoms. The first-order valence-electron chi connectivity index (χ1n) is 8.03. The molecule has 0 amide bonds. The highest BCUT2D eigenvalue weighted by atomic mass is 79.9. The van der Waals surface area contributed by atoms with Crippen molar-refractivity contribution in [1.29, 1.82) is 0 Å². The number of aryl methyl sites for hydroxylation is 1. The van der Waals surface area contributed by atoms with Gasteiger partial charge >= 0.3 is 11.9 Å². The van der Waals surface area contributed by atoms with Crippen LogP contribution in [0.5, 0.6) is 11.5 Å². The minimum atomic E-state index is -0.536. The fourth-order valence-electron chi connectivity index (χ4n) is 2.53. The van der Waals surface area contributed by atoms with Crippen LogP contribution in [0.3, 0.4) is 0 Å². The Kier molecular flexibility index (Phi) is 5.41. The summed E-state index contributed by atoms with van der Waals surface area (Å²) in [6.07, 6.45) is 1.58. The molecule has 2 aromatic rings. The number of carbonyl (C=O) groups is 2. The molecule has 0 bridgehead atoms. The number of carbonyl (C=O) groups excluding carboxylic acids is 2. The predicted octanol–water partition coefficient (Wildman–Crippen LogP) is 4.04. The normalized spacial score (nSPS) is 14.7. The van der Waals surface area contributed by atoms with E-state index < -0.39 is 11.9 Å². The molecule has 1 aliphatic rings. The van der Waals surface area contributed by atoms with Crippen LogP contribution in [0.2, 0.25) is 0 Å². The summed E-state index contributed by atoms with van der Waals surface area (Å²) < 4.78 is 16.2. The molecule has 0 spiro atoms. The van der Waals surface area contributed by atoms with Crippen LogP contribution in [-0.4, -0.2) is 24.9 Å². The van der Waals surface area contributed by atoms with Gasteiger partial charge in [-0.05, 0) is 58.8 Å². The Labute approximate surface area is 164 Å². The summed E-state index contributed by atoms with van der Waals surface area (Å²) in [5.41, 5.74) is 2.57. The van der Waals surface area contributed by atoms with E-state index in [4.69, 9.17) is 14.2 Å². The van der Waals surface area contributed by atoms with Crippen LogP contribution < -0.4 is 9.47 Å². The minimum absolute atomic E-state index is 0.167. The number of cyclic esters (lactones) is 1. The third-order valence-corrected chi connectivity index (χ3v) is 4.28. The van der Waals surface area contributed by atoms with Crippen LogP contribution >= 0.6 is 15.9 Å². The molecule has 0 fully saturated rings. The number of methoxy groups -OCH3 is 1. The maximum absolute atomic E-state index is 12.2. The van der Waals surface area contributed by atoms with Gasteiger partial charge in [-0.15, -0.1) is 0 Å². The van der Waals surface area contributed by atoms with Gasteiger partial charge in [0.1, 0.15) is 0 Å². The first-order chi connectivity index (χ1) is 12.9. The highest BCUT2D eigenvalue weighted by molar-refractivity contribution is 9.10. The zero-order chi connectivity index (χ0) is 19.6. The summed E-state index contributed by atoms with van der Waals surface area (Å²) in [5.74, 6) is -0.124. The Hall–Kier alpha value is -2.93. The van der Waals surface area contributed by atoms with E-state index in [0.29, 0.717) is 15.8 Å². The number of nitrogens with zero attached hydrogens (tertiary/aromatic N) is 1. The maximum Gasteiger partial charge on any atom is 0.363 e. The number of rotatable bonds is 4. The van der Waals surface area contributed by atoms with Crippen molar-refractivity contribution in [2.24, 2.45) is 4.99 Å². The van der Waals surface area contributed by atoms with Crippen LogP contribution in [0.1, 0.15) is 23.6 Å². The van der Waals surface area contributed by atoms with Crippen LogP contribution in [0, 0.1) is 6.92 Å². The molecule has 0 saturated heterocycles. The van der Waals surface area contributed by atoms with E-state index in [0.717, 1.165) is 11.1 Å². The Balaban J connectivity index is 1.97. The van der Waals surface area contributed by atoms with Gasteiger partial charge in [0.25, 0.3) is 0 Å². The Morgan fingerprint density at radius 3 is 2.70 bits per heavy atom. The van der Waals surface area contributed by atoms with Crippen molar-refractivity contribution in [3.8, 4) is 11.5 Å². The topological polar surface area (TPSA) is 74.2 Å². The number of ether oxygens (including phenoxy) is 3. The van der Waals surface area contributed by atoms with Crippen molar-refractivity contribution in [3.63, 3.8) is 0 Å². The van der Waals surface area contributed by atoms with Crippen LogP contribution in [0.25, 0.3) is 6.08 Å². The van der Waals surface area contributed by atoms with E-state index >= 15 is 0 Å². The van der Waals surface area contributed by atoms with Gasteiger partial charge in [0.15, 0.2) is 17.2 Å². The van der Waals surface area contributed by atoms with E-state index in [2.05, 4.69) is 20.9 Å². The summed E-state index contributed by atoms with van der Waals surface area (Å²) in [6, 6.07) is 10.9. The fraction of sp³-hybridized carbons (Fsp3) is 0.150. The molecule has 6 nitrogen and oxygen atoms in total. The molecule has 1 aliphatic heterocycles. The molecule has 0 saturated carbocycles. The first kappa shape index (κ1) is 18.8. The van der Waals surface area contributed by atoms with Gasteiger partial charge < -0.3 is 14.2 Å². The molecule has 1 heterocycles. The molecular formula is C20H16BrNO5. The molecule has 27 heavy (non-hydrogen) atoms. The number of halogens is 1. The quantitative estimate of drug-likeness (QED) is 0.416. The number of hydrogen-bond acceptors (Lipinski definition) is 6. The Bertz CT molecular complexity index is 994. The van der Waals surface area contributed by atoms with E-state index in [-0.39, 0.29) is 17.3 Å². The van der Waals surface area contributed by atoms with Crippen molar-refractivity contribution < 1.29 is 23.8 Å². The van der Waals surface area contributed by atoms with Gasteiger partial charge in [0.05, 0.1) is 11.6 Å². The van der Waals surface area contributed by atoms with Crippen molar-refractivity contribution >= 4 is 39.8 Å². The number of aliphatic imine (C=N–C) groups is 1. The Morgan fingerprint density at radius 1 is 1.26 bits per heavy atom. The molecule has 3 rings (SSSR count). The summed E-state index contributed by atoms with van der Waals surface area (Å²) in [7, 11) is 1.46. The lowest BCUT2D eigenvalue weighted by molar-refractivity contribution is -0.132. The average Bonchev–Trinajstić information content (AvgIpc) is 2.97. The largest absolute Gasteiger partial charge is 0.493 e. The molecular weight excluding hydrogens is 414 g/mol. The number of hydrogen-bond donors (Lipinski definition) is 0. The first-order valence-corrected chi connectivity index (χ1v) is 8.82. The van der Waals surface area contributed by atoms with Gasteiger partial charge in [-0.25, -0.2) is 9.79 Å². The molecule has 2 aromatic carbocycles. The number of benzene rings is 2. The molecule has 0 atom stereocenters. The lowest BCUT2D eigenvalue weighted by Gasteiger charge is -2.11. The van der Waals surface area contributed by atoms with Crippen molar-refractivity contribution in [2.45, 2.75) is 13.8 Å². The van der Waals surface area contributed by atoms with Crippen LogP contribution in [0.15, 0.2) is 51.6 Å². The van der Waals surface area contributed by atoms with Crippen LogP contribution in [0.4, 0.5) is 0 Å². The molecule has 0 radical (unpaired) electrons. The summed E-state index contributed by atoms with van der Waals surface area (Å²) in [4.78, 5) is 27.7. The van der Waals surface area contributed by atoms with Crippen LogP contribution in [-0.2, 0) is 14.3 Å². The second-order valence-corrected chi connectivity index (χ2v) is 6.69. The molecule has 0 unspecified atom stereocenters. The van der Waals surface area contributed by atoms with Crippen molar-refractivity contribution in [2.75, 3.05) is 7.11 Å². The molecule has 0 aromatic heterocycles. The predicted molar refractivity (Wildman–Crippen MR) is 104 cm³/mol. The second kappa shape index (κ2) is 7.75. The van der Waals surface area contributed by atoms with Gasteiger partial charge in [0.2, 0.25) is 5.90 Å². The monoisotopic (exact) mass is 429 g/mol. The third kappa shape index (κ3) is 4.25. The summed E-state index contributed by atoms with van der Waals surface area (Å²) in [5, 5.41) is 0. The lowest BCUT2D eigenvalue weighted by atomic mass is 10.1. The van der Waals surface area contributed by atoms with Crippen molar-refractivity contribution in [3.05, 3.63) is 63.3 Å². The molecule has 138 valence electrons. The van der Waals surface area contributed by atoms with E-state index in [1.54, 1.807) is 18.2 Å². The highest BCUT2D eigenvalue weighted by Gasteiger charge is 2.24.